The van der Waals surface area contributed by atoms with Crippen LogP contribution in [-0.4, -0.2) is 36.9 Å². The third kappa shape index (κ3) is 2.85. The minimum Gasteiger partial charge on any atom is -0.496 e. The summed E-state index contributed by atoms with van der Waals surface area (Å²) in [5.41, 5.74) is 1.33. The van der Waals surface area contributed by atoms with Gasteiger partial charge in [0.2, 0.25) is 0 Å². The number of carbonyl (C=O) groups excluding carboxylic acids is 1. The van der Waals surface area contributed by atoms with Crippen molar-refractivity contribution in [3.05, 3.63) is 39.5 Å². The first-order chi connectivity index (χ1) is 12.5. The van der Waals surface area contributed by atoms with E-state index in [1.165, 1.54) is 22.8 Å². The van der Waals surface area contributed by atoms with Crippen LogP contribution in [-0.2, 0) is 4.79 Å². The van der Waals surface area contributed by atoms with E-state index in [9.17, 15) is 4.79 Å². The second kappa shape index (κ2) is 7.12. The summed E-state index contributed by atoms with van der Waals surface area (Å²) in [6.07, 6.45) is 4.13. The van der Waals surface area contributed by atoms with Gasteiger partial charge >= 0.3 is 0 Å². The van der Waals surface area contributed by atoms with Gasteiger partial charge in [0, 0.05) is 24.4 Å². The van der Waals surface area contributed by atoms with Crippen molar-refractivity contribution >= 4 is 39.1 Å². The van der Waals surface area contributed by atoms with Gasteiger partial charge in [-0.2, -0.15) is 0 Å². The molecule has 0 saturated carbocycles. The van der Waals surface area contributed by atoms with Crippen LogP contribution in [0.3, 0.4) is 0 Å². The molecule has 4 atom stereocenters. The second-order valence-corrected chi connectivity index (χ2v) is 8.79. The molecule has 0 unspecified atom stereocenters. The Balaban J connectivity index is 1.76. The molecule has 0 amide bonds. The Morgan fingerprint density at radius 3 is 2.81 bits per heavy atom. The second-order valence-electron chi connectivity index (χ2n) is 7.71. The lowest BCUT2D eigenvalue weighted by atomic mass is 9.73. The van der Waals surface area contributed by atoms with Crippen LogP contribution < -0.4 is 4.74 Å². The van der Waals surface area contributed by atoms with Gasteiger partial charge in [-0.3, -0.25) is 9.69 Å². The van der Waals surface area contributed by atoms with E-state index in [1.54, 1.807) is 7.11 Å². The molecule has 0 aliphatic carbocycles. The van der Waals surface area contributed by atoms with Crippen LogP contribution in [0.15, 0.2) is 30.3 Å². The van der Waals surface area contributed by atoms with Crippen molar-refractivity contribution in [2.75, 3.05) is 14.2 Å². The lowest BCUT2D eigenvalue weighted by Crippen LogP contribution is -2.48. The molecule has 0 radical (unpaired) electrons. The molecule has 26 heavy (non-hydrogen) atoms. The number of rotatable bonds is 4. The highest BCUT2D eigenvalue weighted by Crippen LogP contribution is 2.47. The van der Waals surface area contributed by atoms with Crippen molar-refractivity contribution in [3.63, 3.8) is 0 Å². The lowest BCUT2D eigenvalue weighted by Gasteiger charge is -2.42. The standard InChI is InChI=1S/C22H26INO2/c1-4-19(25)21-17(12-15-7-9-18(21)24(15)2)14-5-8-16-13(11-14)6-10-20(26-3)22(16)23/h5-6,8,10-11,15,17-18,21H,4,7,9,12H2,1-3H3/t15-,17+,18+,21-/m0/s1. The van der Waals surface area contributed by atoms with E-state index in [0.29, 0.717) is 30.2 Å². The van der Waals surface area contributed by atoms with E-state index >= 15 is 0 Å². The van der Waals surface area contributed by atoms with E-state index in [-0.39, 0.29) is 5.92 Å². The Morgan fingerprint density at radius 2 is 2.08 bits per heavy atom. The first-order valence-corrected chi connectivity index (χ1v) is 10.6. The summed E-state index contributed by atoms with van der Waals surface area (Å²) in [5.74, 6) is 1.83. The molecule has 2 saturated heterocycles. The Hall–Kier alpha value is -1.14. The maximum absolute atomic E-state index is 12.8. The zero-order valence-electron chi connectivity index (χ0n) is 15.7. The Bertz CT molecular complexity index is 849. The van der Waals surface area contributed by atoms with Crippen molar-refractivity contribution in [3.8, 4) is 5.75 Å². The van der Waals surface area contributed by atoms with Crippen molar-refractivity contribution in [1.82, 2.24) is 4.90 Å². The summed E-state index contributed by atoms with van der Waals surface area (Å²) >= 11 is 2.36. The fraction of sp³-hybridized carbons (Fsp3) is 0.500. The molecule has 2 aromatic rings. The number of benzene rings is 2. The molecule has 2 aliphatic heterocycles. The number of ketones is 1. The summed E-state index contributed by atoms with van der Waals surface area (Å²) in [4.78, 5) is 15.3. The smallest absolute Gasteiger partial charge is 0.137 e. The summed E-state index contributed by atoms with van der Waals surface area (Å²) in [5, 5.41) is 2.46. The number of halogens is 1. The van der Waals surface area contributed by atoms with Gasteiger partial charge in [-0.15, -0.1) is 0 Å². The number of hydrogen-bond acceptors (Lipinski definition) is 3. The van der Waals surface area contributed by atoms with Gasteiger partial charge < -0.3 is 4.74 Å². The first kappa shape index (κ1) is 18.2. The SMILES string of the molecule is CCC(=O)[C@H]1[C@@H](c2ccc3c(I)c(OC)ccc3c2)C[C@@H]2CC[C@H]1N2C. The van der Waals surface area contributed by atoms with Crippen LogP contribution in [0.4, 0.5) is 0 Å². The highest BCUT2D eigenvalue weighted by molar-refractivity contribution is 14.1. The molecule has 0 N–H and O–H groups in total. The third-order valence-electron chi connectivity index (χ3n) is 6.58. The maximum atomic E-state index is 12.8. The van der Waals surface area contributed by atoms with Crippen molar-refractivity contribution < 1.29 is 9.53 Å². The number of nitrogens with zero attached hydrogens (tertiary/aromatic N) is 1. The van der Waals surface area contributed by atoms with Gasteiger partial charge in [-0.1, -0.05) is 31.2 Å². The van der Waals surface area contributed by atoms with Crippen LogP contribution >= 0.6 is 22.6 Å². The van der Waals surface area contributed by atoms with Gasteiger partial charge in [0.05, 0.1) is 10.7 Å². The summed E-state index contributed by atoms with van der Waals surface area (Å²) in [6.45, 7) is 2.01. The zero-order valence-corrected chi connectivity index (χ0v) is 17.8. The average Bonchev–Trinajstić information content (AvgIpc) is 2.90. The zero-order chi connectivity index (χ0) is 18.4. The molecule has 2 heterocycles. The quantitative estimate of drug-likeness (QED) is 0.598. The predicted octanol–water partition coefficient (Wildman–Crippen LogP) is 5.00. The maximum Gasteiger partial charge on any atom is 0.137 e. The third-order valence-corrected chi connectivity index (χ3v) is 7.69. The largest absolute Gasteiger partial charge is 0.496 e. The molecular weight excluding hydrogens is 437 g/mol. The van der Waals surface area contributed by atoms with Crippen LogP contribution in [0.1, 0.15) is 44.1 Å². The van der Waals surface area contributed by atoms with Gasteiger partial charge in [-0.25, -0.2) is 0 Å². The molecule has 3 nitrogen and oxygen atoms in total. The Labute approximate surface area is 169 Å². The minimum atomic E-state index is 0.138. The van der Waals surface area contributed by atoms with Crippen LogP contribution in [0, 0.1) is 9.49 Å². The number of Topliss-reactive ketones (excluding diaryl/α,β-unsaturated/α-hetero) is 1. The predicted molar refractivity (Wildman–Crippen MR) is 114 cm³/mol. The normalized spacial score (nSPS) is 28.5. The van der Waals surface area contributed by atoms with Crippen LogP contribution in [0.25, 0.3) is 10.8 Å². The first-order valence-electron chi connectivity index (χ1n) is 9.56. The topological polar surface area (TPSA) is 29.5 Å². The van der Waals surface area contributed by atoms with E-state index in [0.717, 1.165) is 22.2 Å². The van der Waals surface area contributed by atoms with Crippen LogP contribution in [0.5, 0.6) is 5.75 Å². The summed E-state index contributed by atoms with van der Waals surface area (Å²) in [6, 6.07) is 12.0. The van der Waals surface area contributed by atoms with Gasteiger partial charge in [0.1, 0.15) is 11.5 Å². The molecule has 0 aromatic heterocycles. The van der Waals surface area contributed by atoms with Crippen LogP contribution in [0.2, 0.25) is 0 Å². The molecule has 2 bridgehead atoms. The fourth-order valence-electron chi connectivity index (χ4n) is 5.16. The number of ether oxygens (including phenoxy) is 1. The Morgan fingerprint density at radius 1 is 1.27 bits per heavy atom. The number of piperidine rings is 1. The molecule has 4 rings (SSSR count). The van der Waals surface area contributed by atoms with E-state index in [1.807, 2.05) is 13.0 Å². The molecule has 4 heteroatoms. The highest BCUT2D eigenvalue weighted by Gasteiger charge is 2.48. The fourth-order valence-corrected chi connectivity index (χ4v) is 6.05. The summed E-state index contributed by atoms with van der Waals surface area (Å²) < 4.78 is 6.60. The monoisotopic (exact) mass is 463 g/mol. The summed E-state index contributed by atoms with van der Waals surface area (Å²) in [7, 11) is 3.93. The van der Waals surface area contributed by atoms with Crippen molar-refractivity contribution in [1.29, 1.82) is 0 Å². The van der Waals surface area contributed by atoms with Crippen molar-refractivity contribution in [2.45, 2.75) is 50.6 Å². The van der Waals surface area contributed by atoms with Gasteiger partial charge in [0.15, 0.2) is 0 Å². The number of carbonyl (C=O) groups is 1. The van der Waals surface area contributed by atoms with E-state index < -0.39 is 0 Å². The molecule has 138 valence electrons. The minimum absolute atomic E-state index is 0.138. The molecule has 0 spiro atoms. The lowest BCUT2D eigenvalue weighted by molar-refractivity contribution is -0.126. The van der Waals surface area contributed by atoms with Gasteiger partial charge in [0.25, 0.3) is 0 Å². The number of hydrogen-bond donors (Lipinski definition) is 0. The molecule has 2 fully saturated rings. The number of fused-ring (bicyclic) bond motifs is 3. The molecule has 2 aromatic carbocycles. The molecular formula is C22H26INO2. The van der Waals surface area contributed by atoms with E-state index in [2.05, 4.69) is 58.8 Å². The van der Waals surface area contributed by atoms with E-state index in [4.69, 9.17) is 4.74 Å². The Kier molecular flexibility index (Phi) is 4.99. The molecule has 2 aliphatic rings. The van der Waals surface area contributed by atoms with Crippen molar-refractivity contribution in [2.24, 2.45) is 5.92 Å². The van der Waals surface area contributed by atoms with Gasteiger partial charge in [-0.05, 0) is 77.2 Å². The number of methoxy groups -OCH3 is 1. The highest BCUT2D eigenvalue weighted by atomic mass is 127. The average molecular weight is 463 g/mol.